The van der Waals surface area contributed by atoms with E-state index in [9.17, 15) is 9.59 Å². The highest BCUT2D eigenvalue weighted by Gasteiger charge is 2.13. The van der Waals surface area contributed by atoms with Crippen molar-refractivity contribution in [1.82, 2.24) is 5.32 Å². The molecule has 0 aliphatic heterocycles. The highest BCUT2D eigenvalue weighted by molar-refractivity contribution is 7.98. The first kappa shape index (κ1) is 19.5. The summed E-state index contributed by atoms with van der Waals surface area (Å²) in [4.78, 5) is 26.4. The van der Waals surface area contributed by atoms with E-state index in [-0.39, 0.29) is 11.8 Å². The van der Waals surface area contributed by atoms with E-state index in [1.807, 2.05) is 35.9 Å². The minimum Gasteiger partial charge on any atom is -0.348 e. The van der Waals surface area contributed by atoms with Crippen LogP contribution in [0.4, 0.5) is 5.69 Å². The maximum atomic E-state index is 12.5. The van der Waals surface area contributed by atoms with Crippen LogP contribution in [-0.4, -0.2) is 18.1 Å². The van der Waals surface area contributed by atoms with Crippen LogP contribution in [-0.2, 0) is 6.54 Å². The number of thioether (sulfide) groups is 1. The minimum absolute atomic E-state index is 0.229. The Balaban J connectivity index is 1.66. The van der Waals surface area contributed by atoms with Crippen LogP contribution in [0.25, 0.3) is 0 Å². The number of nitrogens with one attached hydrogen (secondary N) is 2. The summed E-state index contributed by atoms with van der Waals surface area (Å²) >= 11 is 9.17. The predicted octanol–water partition coefficient (Wildman–Crippen LogP) is 5.31. The number of hydrogen-bond acceptors (Lipinski definition) is 4. The fourth-order valence-electron chi connectivity index (χ4n) is 2.38. The lowest BCUT2D eigenvalue weighted by atomic mass is 10.1. The lowest BCUT2D eigenvalue weighted by Gasteiger charge is -2.10. The maximum absolute atomic E-state index is 12.5. The van der Waals surface area contributed by atoms with Crippen LogP contribution < -0.4 is 10.6 Å². The van der Waals surface area contributed by atoms with Gasteiger partial charge >= 0.3 is 0 Å². The molecule has 0 saturated carbocycles. The lowest BCUT2D eigenvalue weighted by Crippen LogP contribution is -2.23. The predicted molar refractivity (Wildman–Crippen MR) is 113 cm³/mol. The van der Waals surface area contributed by atoms with Crippen LogP contribution in [0, 0.1) is 0 Å². The number of halogens is 1. The smallest absolute Gasteiger partial charge is 0.265 e. The van der Waals surface area contributed by atoms with E-state index in [1.165, 1.54) is 16.2 Å². The summed E-state index contributed by atoms with van der Waals surface area (Å²) in [6.45, 7) is 0.424. The van der Waals surface area contributed by atoms with Gasteiger partial charge in [-0.2, -0.15) is 0 Å². The van der Waals surface area contributed by atoms with E-state index in [1.54, 1.807) is 42.1 Å². The normalized spacial score (nSPS) is 10.4. The van der Waals surface area contributed by atoms with Crippen molar-refractivity contribution in [1.29, 1.82) is 0 Å². The highest BCUT2D eigenvalue weighted by Crippen LogP contribution is 2.24. The summed E-state index contributed by atoms with van der Waals surface area (Å²) < 4.78 is 0. The van der Waals surface area contributed by atoms with Gasteiger partial charge in [-0.15, -0.1) is 23.1 Å². The van der Waals surface area contributed by atoms with Gasteiger partial charge in [-0.05, 0) is 53.6 Å². The molecule has 0 radical (unpaired) electrons. The quantitative estimate of drug-likeness (QED) is 0.535. The van der Waals surface area contributed by atoms with Crippen molar-refractivity contribution in [3.63, 3.8) is 0 Å². The minimum atomic E-state index is -0.252. The van der Waals surface area contributed by atoms with Crippen LogP contribution in [0.5, 0.6) is 0 Å². The molecule has 0 aliphatic rings. The Kier molecular flexibility index (Phi) is 6.55. The molecule has 3 rings (SSSR count). The number of amides is 2. The largest absolute Gasteiger partial charge is 0.348 e. The molecule has 2 amide bonds. The topological polar surface area (TPSA) is 58.2 Å². The van der Waals surface area contributed by atoms with Crippen molar-refractivity contribution in [3.05, 3.63) is 81.0 Å². The number of benzene rings is 2. The summed E-state index contributed by atoms with van der Waals surface area (Å²) in [6.07, 6.45) is 2.02. The second-order valence-electron chi connectivity index (χ2n) is 5.66. The maximum Gasteiger partial charge on any atom is 0.265 e. The summed E-state index contributed by atoms with van der Waals surface area (Å²) in [5.41, 5.74) is 1.86. The lowest BCUT2D eigenvalue weighted by molar-refractivity contribution is 0.0949. The van der Waals surface area contributed by atoms with Crippen LogP contribution in [0.1, 0.15) is 25.6 Å². The van der Waals surface area contributed by atoms with E-state index >= 15 is 0 Å². The second-order valence-corrected chi connectivity index (χ2v) is 7.89. The first-order valence-corrected chi connectivity index (χ1v) is 10.6. The molecule has 0 saturated heterocycles. The van der Waals surface area contributed by atoms with Crippen LogP contribution >= 0.6 is 34.7 Å². The number of rotatable bonds is 6. The molecule has 0 atom stereocenters. The molecule has 3 aromatic rings. The van der Waals surface area contributed by atoms with Crippen LogP contribution in [0.15, 0.2) is 64.9 Å². The third-order valence-corrected chi connectivity index (χ3v) is 5.78. The van der Waals surface area contributed by atoms with Crippen molar-refractivity contribution < 1.29 is 9.59 Å². The van der Waals surface area contributed by atoms with Crippen molar-refractivity contribution in [2.45, 2.75) is 11.4 Å². The Morgan fingerprint density at radius 2 is 1.85 bits per heavy atom. The van der Waals surface area contributed by atoms with Gasteiger partial charge in [-0.25, -0.2) is 0 Å². The fraction of sp³-hybridized carbons (Fsp3) is 0.100. The molecule has 2 aromatic carbocycles. The van der Waals surface area contributed by atoms with Gasteiger partial charge in [-0.3, -0.25) is 9.59 Å². The van der Waals surface area contributed by atoms with Gasteiger partial charge in [0, 0.05) is 17.0 Å². The summed E-state index contributed by atoms with van der Waals surface area (Å²) in [7, 11) is 0. The van der Waals surface area contributed by atoms with Crippen molar-refractivity contribution in [3.8, 4) is 0 Å². The van der Waals surface area contributed by atoms with Gasteiger partial charge in [0.15, 0.2) is 0 Å². The van der Waals surface area contributed by atoms with E-state index in [4.69, 9.17) is 11.6 Å². The molecule has 138 valence electrons. The Morgan fingerprint density at radius 1 is 1.07 bits per heavy atom. The number of carbonyl (C=O) groups is 2. The number of hydrogen-bond donors (Lipinski definition) is 2. The monoisotopic (exact) mass is 416 g/mol. The van der Waals surface area contributed by atoms with E-state index in [0.717, 1.165) is 5.56 Å². The van der Waals surface area contributed by atoms with Crippen LogP contribution in [0.3, 0.4) is 0 Å². The third kappa shape index (κ3) is 5.13. The number of thiophene rings is 1. The van der Waals surface area contributed by atoms with Crippen LogP contribution in [0.2, 0.25) is 5.02 Å². The van der Waals surface area contributed by atoms with Gasteiger partial charge in [0.25, 0.3) is 11.8 Å². The van der Waals surface area contributed by atoms with Gasteiger partial charge in [0.1, 0.15) is 0 Å². The fourth-order valence-corrected chi connectivity index (χ4v) is 3.57. The molecule has 0 fully saturated rings. The molecule has 0 bridgehead atoms. The van der Waals surface area contributed by atoms with Gasteiger partial charge in [-0.1, -0.05) is 29.8 Å². The molecule has 1 aromatic heterocycles. The summed E-state index contributed by atoms with van der Waals surface area (Å²) in [5, 5.41) is 7.84. The molecular weight excluding hydrogens is 400 g/mol. The first-order chi connectivity index (χ1) is 13.1. The van der Waals surface area contributed by atoms with Gasteiger partial charge in [0.2, 0.25) is 0 Å². The van der Waals surface area contributed by atoms with Crippen molar-refractivity contribution in [2.24, 2.45) is 0 Å². The molecule has 0 spiro atoms. The van der Waals surface area contributed by atoms with Crippen molar-refractivity contribution in [2.75, 3.05) is 11.6 Å². The average molecular weight is 417 g/mol. The molecule has 1 heterocycles. The molecule has 0 aliphatic carbocycles. The van der Waals surface area contributed by atoms with Gasteiger partial charge in [0.05, 0.1) is 15.6 Å². The van der Waals surface area contributed by atoms with Gasteiger partial charge < -0.3 is 10.6 Å². The standard InChI is InChI=1S/C20H17ClN2O2S2/c1-26-15-7-4-13(5-8-15)12-22-19(24)14-6-9-16(21)17(11-14)23-20(25)18-3-2-10-27-18/h2-11H,12H2,1H3,(H,22,24)(H,23,25). The summed E-state index contributed by atoms with van der Waals surface area (Å²) in [6, 6.07) is 16.4. The first-order valence-electron chi connectivity index (χ1n) is 8.12. The van der Waals surface area contributed by atoms with E-state index in [2.05, 4.69) is 10.6 Å². The molecule has 2 N–H and O–H groups in total. The highest BCUT2D eigenvalue weighted by atomic mass is 35.5. The number of anilines is 1. The zero-order chi connectivity index (χ0) is 19.2. The molecule has 4 nitrogen and oxygen atoms in total. The zero-order valence-corrected chi connectivity index (χ0v) is 16.9. The molecular formula is C20H17ClN2O2S2. The Labute approximate surface area is 170 Å². The second kappa shape index (κ2) is 9.08. The Hall–Kier alpha value is -2.28. The molecule has 0 unspecified atom stereocenters. The Bertz CT molecular complexity index is 941. The van der Waals surface area contributed by atoms with Crippen molar-refractivity contribution >= 4 is 52.2 Å². The summed E-state index contributed by atoms with van der Waals surface area (Å²) in [5.74, 6) is -0.481. The van der Waals surface area contributed by atoms with E-state index in [0.29, 0.717) is 27.7 Å². The SMILES string of the molecule is CSc1ccc(CNC(=O)c2ccc(Cl)c(NC(=O)c3cccs3)c2)cc1. The molecule has 27 heavy (non-hydrogen) atoms. The Morgan fingerprint density at radius 3 is 2.52 bits per heavy atom. The zero-order valence-electron chi connectivity index (χ0n) is 14.5. The number of carbonyl (C=O) groups excluding carboxylic acids is 2. The average Bonchev–Trinajstić information content (AvgIpc) is 3.23. The van der Waals surface area contributed by atoms with E-state index < -0.39 is 0 Å². The molecule has 7 heteroatoms. The third-order valence-electron chi connectivity index (χ3n) is 3.83.